The fourth-order valence-corrected chi connectivity index (χ4v) is 3.28. The van der Waals surface area contributed by atoms with Gasteiger partial charge in [0.25, 0.3) is 6.43 Å². The number of amides is 2. The van der Waals surface area contributed by atoms with Crippen LogP contribution in [0, 0.1) is 0 Å². The molecule has 0 radical (unpaired) electrons. The quantitative estimate of drug-likeness (QED) is 0.255. The summed E-state index contributed by atoms with van der Waals surface area (Å²) in [6, 6.07) is 7.16. The molecule has 3 aromatic rings. The van der Waals surface area contributed by atoms with Crippen LogP contribution in [0.3, 0.4) is 0 Å². The molecular formula is C18H14ClF5N6OS. The van der Waals surface area contributed by atoms with Gasteiger partial charge in [-0.25, -0.2) is 19.0 Å². The molecule has 0 saturated heterocycles. The highest BCUT2D eigenvalue weighted by Crippen LogP contribution is 2.32. The lowest BCUT2D eigenvalue weighted by Gasteiger charge is -2.20. The van der Waals surface area contributed by atoms with Crippen molar-refractivity contribution < 1.29 is 26.7 Å². The third kappa shape index (κ3) is 6.17. The van der Waals surface area contributed by atoms with Crippen molar-refractivity contribution in [3.63, 3.8) is 0 Å². The minimum Gasteiger partial charge on any atom is -0.329 e. The van der Waals surface area contributed by atoms with Crippen molar-refractivity contribution in [1.82, 2.24) is 20.9 Å². The maximum Gasteiger partial charge on any atom is 0.416 e. The number of carbonyl (C=O) groups is 1. The number of para-hydroxylation sites is 1. The number of aromatic nitrogens is 2. The van der Waals surface area contributed by atoms with E-state index in [-0.39, 0.29) is 5.13 Å². The molecule has 1 atom stereocenters. The number of urea groups is 1. The molecule has 0 aliphatic rings. The Morgan fingerprint density at radius 3 is 2.44 bits per heavy atom. The van der Waals surface area contributed by atoms with Gasteiger partial charge >= 0.3 is 12.2 Å². The van der Waals surface area contributed by atoms with Gasteiger partial charge in [-0.05, 0) is 29.8 Å². The molecule has 1 heterocycles. The maximum absolute atomic E-state index is 13.4. The number of alkyl halides is 5. The van der Waals surface area contributed by atoms with E-state index < -0.39 is 35.8 Å². The Hall–Kier alpha value is -3.19. The van der Waals surface area contributed by atoms with Gasteiger partial charge in [-0.1, -0.05) is 47.2 Å². The van der Waals surface area contributed by atoms with Crippen LogP contribution >= 0.6 is 22.9 Å². The summed E-state index contributed by atoms with van der Waals surface area (Å²) in [7, 11) is 0. The molecule has 0 aliphatic heterocycles. The third-order valence-electron chi connectivity index (χ3n) is 3.94. The Labute approximate surface area is 187 Å². The number of nitrogens with zero attached hydrogens (tertiary/aromatic N) is 2. The van der Waals surface area contributed by atoms with Crippen molar-refractivity contribution in [2.24, 2.45) is 0 Å². The van der Waals surface area contributed by atoms with Gasteiger partial charge in [0.05, 0.1) is 16.3 Å². The monoisotopic (exact) mass is 492 g/mol. The lowest BCUT2D eigenvalue weighted by Crippen LogP contribution is -2.43. The first-order valence-corrected chi connectivity index (χ1v) is 9.96. The number of benzene rings is 2. The predicted octanol–water partition coefficient (Wildman–Crippen LogP) is 5.59. The fourth-order valence-electron chi connectivity index (χ4n) is 2.49. The summed E-state index contributed by atoms with van der Waals surface area (Å²) in [4.78, 5) is 12.0. The van der Waals surface area contributed by atoms with Gasteiger partial charge in [-0.15, -0.1) is 10.2 Å². The second kappa shape index (κ2) is 9.96. The average molecular weight is 493 g/mol. The highest BCUT2D eigenvalue weighted by molar-refractivity contribution is 7.19. The topological polar surface area (TPSA) is 91.0 Å². The van der Waals surface area contributed by atoms with Gasteiger partial charge in [0.2, 0.25) is 10.3 Å². The molecular weight excluding hydrogens is 479 g/mol. The Bertz CT molecular complexity index is 1080. The summed E-state index contributed by atoms with van der Waals surface area (Å²) in [5.41, 5.74) is 3.54. The van der Waals surface area contributed by atoms with Crippen LogP contribution in [0.1, 0.15) is 17.2 Å². The number of hydrazine groups is 1. The number of hydrogen-bond acceptors (Lipinski definition) is 6. The van der Waals surface area contributed by atoms with Crippen LogP contribution in [0.5, 0.6) is 0 Å². The highest BCUT2D eigenvalue weighted by atomic mass is 35.5. The second-order valence-corrected chi connectivity index (χ2v) is 7.56. The molecule has 1 aromatic heterocycles. The first-order valence-electron chi connectivity index (χ1n) is 8.76. The number of halogens is 6. The van der Waals surface area contributed by atoms with Gasteiger partial charge in [0.15, 0.2) is 0 Å². The lowest BCUT2D eigenvalue weighted by molar-refractivity contribution is -0.137. The van der Waals surface area contributed by atoms with Crippen molar-refractivity contribution in [2.75, 3.05) is 10.7 Å². The van der Waals surface area contributed by atoms with Crippen molar-refractivity contribution in [1.29, 1.82) is 0 Å². The molecule has 0 unspecified atom stereocenters. The van der Waals surface area contributed by atoms with Crippen LogP contribution in [0.15, 0.2) is 48.5 Å². The second-order valence-electron chi connectivity index (χ2n) is 6.18. The summed E-state index contributed by atoms with van der Waals surface area (Å²) in [6.07, 6.45) is -7.86. The zero-order valence-corrected chi connectivity index (χ0v) is 17.3. The third-order valence-corrected chi connectivity index (χ3v) is 5.02. The van der Waals surface area contributed by atoms with Crippen LogP contribution < -0.4 is 21.5 Å². The van der Waals surface area contributed by atoms with Gasteiger partial charge in [-0.2, -0.15) is 13.2 Å². The zero-order valence-electron chi connectivity index (χ0n) is 15.8. The predicted molar refractivity (Wildman–Crippen MR) is 110 cm³/mol. The average Bonchev–Trinajstić information content (AvgIpc) is 3.19. The molecule has 14 heteroatoms. The van der Waals surface area contributed by atoms with Crippen molar-refractivity contribution in [3.05, 3.63) is 64.7 Å². The molecule has 32 heavy (non-hydrogen) atoms. The van der Waals surface area contributed by atoms with E-state index >= 15 is 0 Å². The standard InChI is InChI=1S/C18H14ClF5N6OS/c19-11-6-1-2-7-12(11)25-16-28-30-17(32-16)29-27-15(31)26-13(14(20)21)9-4-3-5-10(8-9)18(22,23)24/h1-8,13-14H,(H,25,28)(H,29,30)(H2,26,27,31)/t13-/m0/s1. The molecule has 0 bridgehead atoms. The maximum atomic E-state index is 13.4. The van der Waals surface area contributed by atoms with Gasteiger partial charge in [0.1, 0.15) is 6.04 Å². The summed E-state index contributed by atoms with van der Waals surface area (Å²) < 4.78 is 65.3. The van der Waals surface area contributed by atoms with Crippen LogP contribution in [0.25, 0.3) is 0 Å². The first kappa shape index (κ1) is 23.5. The summed E-state index contributed by atoms with van der Waals surface area (Å²) in [5, 5.41) is 13.3. The van der Waals surface area contributed by atoms with E-state index in [1.54, 1.807) is 24.3 Å². The molecule has 2 aromatic carbocycles. The number of nitrogens with one attached hydrogen (secondary N) is 4. The fraction of sp³-hybridized carbons (Fsp3) is 0.167. The number of rotatable bonds is 7. The minimum atomic E-state index is -4.71. The highest BCUT2D eigenvalue weighted by Gasteiger charge is 2.32. The molecule has 170 valence electrons. The van der Waals surface area contributed by atoms with Gasteiger partial charge < -0.3 is 10.6 Å². The van der Waals surface area contributed by atoms with E-state index in [9.17, 15) is 26.7 Å². The normalized spacial score (nSPS) is 12.3. The van der Waals surface area contributed by atoms with Crippen molar-refractivity contribution in [3.8, 4) is 0 Å². The zero-order chi connectivity index (χ0) is 23.3. The van der Waals surface area contributed by atoms with Crippen LogP contribution in [0.2, 0.25) is 5.02 Å². The molecule has 2 amide bonds. The molecule has 3 rings (SSSR count). The van der Waals surface area contributed by atoms with Crippen LogP contribution in [-0.4, -0.2) is 22.7 Å². The molecule has 0 aliphatic carbocycles. The number of anilines is 3. The Morgan fingerprint density at radius 2 is 1.75 bits per heavy atom. The smallest absolute Gasteiger partial charge is 0.329 e. The van der Waals surface area contributed by atoms with Crippen LogP contribution in [0.4, 0.5) is 42.7 Å². The molecule has 0 saturated carbocycles. The lowest BCUT2D eigenvalue weighted by atomic mass is 10.0. The van der Waals surface area contributed by atoms with E-state index in [0.29, 0.717) is 21.9 Å². The van der Waals surface area contributed by atoms with E-state index in [1.807, 2.05) is 5.32 Å². The summed E-state index contributed by atoms with van der Waals surface area (Å²) in [5.74, 6) is 0. The van der Waals surface area contributed by atoms with Crippen molar-refractivity contribution >= 4 is 44.9 Å². The van der Waals surface area contributed by atoms with E-state index in [2.05, 4.69) is 26.4 Å². The van der Waals surface area contributed by atoms with E-state index in [4.69, 9.17) is 11.6 Å². The largest absolute Gasteiger partial charge is 0.416 e. The Kier molecular flexibility index (Phi) is 7.30. The SMILES string of the molecule is O=C(NNc1nnc(Nc2ccccc2Cl)s1)N[C@@H](c1cccc(C(F)(F)F)c1)C(F)F. The van der Waals surface area contributed by atoms with Gasteiger partial charge in [-0.3, -0.25) is 5.43 Å². The number of hydrogen-bond donors (Lipinski definition) is 4. The van der Waals surface area contributed by atoms with E-state index in [1.165, 1.54) is 0 Å². The molecule has 0 fully saturated rings. The molecule has 4 N–H and O–H groups in total. The Morgan fingerprint density at radius 1 is 1.03 bits per heavy atom. The van der Waals surface area contributed by atoms with Gasteiger partial charge in [0, 0.05) is 0 Å². The summed E-state index contributed by atoms with van der Waals surface area (Å²) >= 11 is 7.02. The molecule has 7 nitrogen and oxygen atoms in total. The van der Waals surface area contributed by atoms with E-state index in [0.717, 1.165) is 29.5 Å². The van der Waals surface area contributed by atoms with Crippen molar-refractivity contribution in [2.45, 2.75) is 18.6 Å². The first-order chi connectivity index (χ1) is 15.1. The Balaban J connectivity index is 1.60. The summed E-state index contributed by atoms with van der Waals surface area (Å²) in [6.45, 7) is 0. The molecule has 0 spiro atoms. The minimum absolute atomic E-state index is 0.113. The van der Waals surface area contributed by atoms with Crippen LogP contribution in [-0.2, 0) is 6.18 Å². The number of carbonyl (C=O) groups excluding carboxylic acids is 1.